The Hall–Kier alpha value is -1.16. The molecule has 0 fully saturated rings. The van der Waals surface area contributed by atoms with Gasteiger partial charge in [-0.05, 0) is 26.3 Å². The summed E-state index contributed by atoms with van der Waals surface area (Å²) in [5, 5.41) is 7.71. The zero-order chi connectivity index (χ0) is 10.6. The monoisotopic (exact) mass is 195 g/mol. The number of rotatable bonds is 4. The lowest BCUT2D eigenvalue weighted by atomic mass is 10.1. The second kappa shape index (κ2) is 4.37. The van der Waals surface area contributed by atoms with Crippen LogP contribution in [0.5, 0.6) is 5.88 Å². The standard InChI is InChI=1S/C10H17N3O/c1-4-10(2,3)14-9-8(7-11)5-6-12-13-9/h5-6H,4,7,11H2,1-3H3. The van der Waals surface area contributed by atoms with Crippen molar-refractivity contribution in [3.63, 3.8) is 0 Å². The maximum absolute atomic E-state index is 5.72. The highest BCUT2D eigenvalue weighted by Gasteiger charge is 2.19. The first-order valence-electron chi connectivity index (χ1n) is 4.78. The molecule has 2 N–H and O–H groups in total. The highest BCUT2D eigenvalue weighted by Crippen LogP contribution is 2.21. The molecule has 0 amide bonds. The van der Waals surface area contributed by atoms with Crippen LogP contribution in [-0.2, 0) is 6.54 Å². The lowest BCUT2D eigenvalue weighted by molar-refractivity contribution is 0.0961. The molecule has 1 heterocycles. The van der Waals surface area contributed by atoms with Crippen molar-refractivity contribution < 1.29 is 4.74 Å². The van der Waals surface area contributed by atoms with Gasteiger partial charge in [-0.1, -0.05) is 6.92 Å². The van der Waals surface area contributed by atoms with Gasteiger partial charge in [-0.3, -0.25) is 0 Å². The number of ether oxygens (including phenoxy) is 1. The average Bonchev–Trinajstić information content (AvgIpc) is 2.18. The molecule has 0 aliphatic rings. The molecule has 1 aromatic heterocycles. The molecule has 0 radical (unpaired) electrons. The van der Waals surface area contributed by atoms with Crippen molar-refractivity contribution in [2.45, 2.75) is 39.3 Å². The van der Waals surface area contributed by atoms with E-state index in [0.29, 0.717) is 12.4 Å². The first-order valence-corrected chi connectivity index (χ1v) is 4.78. The molecule has 14 heavy (non-hydrogen) atoms. The Morgan fingerprint density at radius 2 is 2.21 bits per heavy atom. The first kappa shape index (κ1) is 10.9. The number of aromatic nitrogens is 2. The van der Waals surface area contributed by atoms with Gasteiger partial charge < -0.3 is 10.5 Å². The average molecular weight is 195 g/mol. The van der Waals surface area contributed by atoms with E-state index >= 15 is 0 Å². The number of hydrogen-bond donors (Lipinski definition) is 1. The molecule has 0 aromatic carbocycles. The largest absolute Gasteiger partial charge is 0.470 e. The zero-order valence-corrected chi connectivity index (χ0v) is 8.95. The van der Waals surface area contributed by atoms with E-state index in [1.54, 1.807) is 6.20 Å². The predicted octanol–water partition coefficient (Wildman–Crippen LogP) is 1.50. The van der Waals surface area contributed by atoms with Gasteiger partial charge in [0.1, 0.15) is 5.60 Å². The smallest absolute Gasteiger partial charge is 0.238 e. The number of hydrogen-bond acceptors (Lipinski definition) is 4. The Kier molecular flexibility index (Phi) is 3.41. The summed E-state index contributed by atoms with van der Waals surface area (Å²) in [6.07, 6.45) is 2.53. The fraction of sp³-hybridized carbons (Fsp3) is 0.600. The normalized spacial score (nSPS) is 11.4. The van der Waals surface area contributed by atoms with Gasteiger partial charge in [-0.15, -0.1) is 5.10 Å². The summed E-state index contributed by atoms with van der Waals surface area (Å²) >= 11 is 0. The third kappa shape index (κ3) is 2.67. The molecule has 78 valence electrons. The van der Waals surface area contributed by atoms with Gasteiger partial charge in [0, 0.05) is 12.1 Å². The second-order valence-electron chi connectivity index (χ2n) is 3.78. The fourth-order valence-electron chi connectivity index (χ4n) is 0.920. The maximum Gasteiger partial charge on any atom is 0.238 e. The van der Waals surface area contributed by atoms with Crippen LogP contribution < -0.4 is 10.5 Å². The lowest BCUT2D eigenvalue weighted by Gasteiger charge is -2.24. The lowest BCUT2D eigenvalue weighted by Crippen LogP contribution is -2.28. The summed E-state index contributed by atoms with van der Waals surface area (Å²) in [6, 6.07) is 1.83. The molecule has 0 saturated heterocycles. The van der Waals surface area contributed by atoms with Gasteiger partial charge in [0.05, 0.1) is 6.20 Å². The van der Waals surface area contributed by atoms with Gasteiger partial charge >= 0.3 is 0 Å². The van der Waals surface area contributed by atoms with E-state index in [1.807, 2.05) is 19.9 Å². The molecular formula is C10H17N3O. The molecule has 1 rings (SSSR count). The van der Waals surface area contributed by atoms with Crippen LogP contribution in [0.3, 0.4) is 0 Å². The Bertz CT molecular complexity index is 299. The van der Waals surface area contributed by atoms with E-state index in [2.05, 4.69) is 17.1 Å². The van der Waals surface area contributed by atoms with Crippen LogP contribution >= 0.6 is 0 Å². The molecule has 0 aliphatic carbocycles. The van der Waals surface area contributed by atoms with Crippen molar-refractivity contribution in [3.05, 3.63) is 17.8 Å². The Morgan fingerprint density at radius 1 is 1.50 bits per heavy atom. The third-order valence-corrected chi connectivity index (χ3v) is 2.21. The Morgan fingerprint density at radius 3 is 2.79 bits per heavy atom. The highest BCUT2D eigenvalue weighted by molar-refractivity contribution is 5.23. The quantitative estimate of drug-likeness (QED) is 0.791. The van der Waals surface area contributed by atoms with Crippen molar-refractivity contribution >= 4 is 0 Å². The van der Waals surface area contributed by atoms with Gasteiger partial charge in [-0.2, -0.15) is 5.10 Å². The summed E-state index contributed by atoms with van der Waals surface area (Å²) < 4.78 is 5.72. The summed E-state index contributed by atoms with van der Waals surface area (Å²) in [4.78, 5) is 0. The molecule has 0 bridgehead atoms. The van der Waals surface area contributed by atoms with Crippen molar-refractivity contribution in [2.75, 3.05) is 0 Å². The minimum absolute atomic E-state index is 0.222. The second-order valence-corrected chi connectivity index (χ2v) is 3.78. The first-order chi connectivity index (χ1) is 6.59. The van der Waals surface area contributed by atoms with E-state index in [4.69, 9.17) is 10.5 Å². The van der Waals surface area contributed by atoms with Crippen LogP contribution in [0.4, 0.5) is 0 Å². The molecule has 0 unspecified atom stereocenters. The minimum Gasteiger partial charge on any atom is -0.470 e. The molecule has 0 aliphatic heterocycles. The zero-order valence-electron chi connectivity index (χ0n) is 8.95. The third-order valence-electron chi connectivity index (χ3n) is 2.21. The number of nitrogens with two attached hydrogens (primary N) is 1. The minimum atomic E-state index is -0.222. The predicted molar refractivity (Wildman–Crippen MR) is 54.9 cm³/mol. The van der Waals surface area contributed by atoms with E-state index in [9.17, 15) is 0 Å². The maximum atomic E-state index is 5.72. The van der Waals surface area contributed by atoms with Crippen LogP contribution in [0, 0.1) is 0 Å². The SMILES string of the molecule is CCC(C)(C)Oc1nnccc1CN. The van der Waals surface area contributed by atoms with E-state index in [-0.39, 0.29) is 5.60 Å². The van der Waals surface area contributed by atoms with Gasteiger partial charge in [0.15, 0.2) is 0 Å². The molecule has 4 nitrogen and oxygen atoms in total. The molecule has 1 aromatic rings. The summed E-state index contributed by atoms with van der Waals surface area (Å²) in [6.45, 7) is 6.52. The van der Waals surface area contributed by atoms with Gasteiger partial charge in [0.2, 0.25) is 5.88 Å². The highest BCUT2D eigenvalue weighted by atomic mass is 16.5. The van der Waals surface area contributed by atoms with E-state index < -0.39 is 0 Å². The summed E-state index contributed by atoms with van der Waals surface area (Å²) in [5.41, 5.74) is 6.23. The van der Waals surface area contributed by atoms with Crippen LogP contribution in [0.15, 0.2) is 12.3 Å². The van der Waals surface area contributed by atoms with Crippen molar-refractivity contribution in [1.29, 1.82) is 0 Å². The van der Waals surface area contributed by atoms with Crippen molar-refractivity contribution in [1.82, 2.24) is 10.2 Å². The molecular weight excluding hydrogens is 178 g/mol. The van der Waals surface area contributed by atoms with Crippen LogP contribution in [0.25, 0.3) is 0 Å². The van der Waals surface area contributed by atoms with E-state index in [1.165, 1.54) is 0 Å². The molecule has 0 atom stereocenters. The Labute approximate surface area is 84.5 Å². The number of nitrogens with zero attached hydrogens (tertiary/aromatic N) is 2. The van der Waals surface area contributed by atoms with Crippen molar-refractivity contribution in [2.24, 2.45) is 5.73 Å². The Balaban J connectivity index is 2.85. The van der Waals surface area contributed by atoms with Crippen molar-refractivity contribution in [3.8, 4) is 5.88 Å². The van der Waals surface area contributed by atoms with Crippen LogP contribution in [0.1, 0.15) is 32.8 Å². The van der Waals surface area contributed by atoms with Gasteiger partial charge in [-0.25, -0.2) is 0 Å². The molecule has 4 heteroatoms. The fourth-order valence-corrected chi connectivity index (χ4v) is 0.920. The van der Waals surface area contributed by atoms with Crippen LogP contribution in [0.2, 0.25) is 0 Å². The molecule has 0 saturated carbocycles. The van der Waals surface area contributed by atoms with Gasteiger partial charge in [0.25, 0.3) is 0 Å². The summed E-state index contributed by atoms with van der Waals surface area (Å²) in [5.74, 6) is 0.543. The topological polar surface area (TPSA) is 61.0 Å². The van der Waals surface area contributed by atoms with Crippen LogP contribution in [-0.4, -0.2) is 15.8 Å². The summed E-state index contributed by atoms with van der Waals surface area (Å²) in [7, 11) is 0. The molecule has 0 spiro atoms. The van der Waals surface area contributed by atoms with E-state index in [0.717, 1.165) is 12.0 Å².